The van der Waals surface area contributed by atoms with Crippen molar-refractivity contribution in [3.8, 4) is 0 Å². The van der Waals surface area contributed by atoms with Crippen LogP contribution in [0, 0.1) is 5.82 Å². The number of nitrogens with zero attached hydrogens (tertiary/aromatic N) is 1. The van der Waals surface area contributed by atoms with Crippen molar-refractivity contribution in [2.75, 3.05) is 18.0 Å². The molecule has 0 bridgehead atoms. The van der Waals surface area contributed by atoms with E-state index in [4.69, 9.17) is 5.73 Å². The molecule has 2 nitrogen and oxygen atoms in total. The van der Waals surface area contributed by atoms with Crippen molar-refractivity contribution in [3.63, 3.8) is 0 Å². The van der Waals surface area contributed by atoms with Gasteiger partial charge in [0.2, 0.25) is 0 Å². The highest BCUT2D eigenvalue weighted by Crippen LogP contribution is 2.19. The summed E-state index contributed by atoms with van der Waals surface area (Å²) in [6, 6.07) is 6.98. The molecule has 0 spiro atoms. The van der Waals surface area contributed by atoms with E-state index in [1.807, 2.05) is 12.1 Å². The van der Waals surface area contributed by atoms with E-state index in [1.54, 1.807) is 0 Å². The molecular formula is C13H21FN2. The predicted molar refractivity (Wildman–Crippen MR) is 67.2 cm³/mol. The zero-order valence-corrected chi connectivity index (χ0v) is 10.1. The number of hydrogen-bond acceptors (Lipinski definition) is 2. The lowest BCUT2D eigenvalue weighted by atomic mass is 10.1. The maximum absolute atomic E-state index is 12.8. The zero-order valence-electron chi connectivity index (χ0n) is 10.1. The second-order valence-electron chi connectivity index (χ2n) is 3.94. The summed E-state index contributed by atoms with van der Waals surface area (Å²) < 4.78 is 12.8. The molecule has 0 heterocycles. The summed E-state index contributed by atoms with van der Waals surface area (Å²) in [5.41, 5.74) is 6.84. The van der Waals surface area contributed by atoms with Gasteiger partial charge in [-0.1, -0.05) is 13.3 Å². The largest absolute Gasteiger partial charge is 0.368 e. The van der Waals surface area contributed by atoms with E-state index in [1.165, 1.54) is 12.1 Å². The molecule has 0 amide bonds. The van der Waals surface area contributed by atoms with E-state index < -0.39 is 0 Å². The standard InChI is InChI=1S/C13H21FN2/c1-3-5-13(10-15)16(4-2)12-8-6-11(14)7-9-12/h6-9,13H,3-5,10,15H2,1-2H3. The van der Waals surface area contributed by atoms with Crippen LogP contribution in [0.15, 0.2) is 24.3 Å². The van der Waals surface area contributed by atoms with Crippen molar-refractivity contribution in [1.29, 1.82) is 0 Å². The third-order valence-corrected chi connectivity index (χ3v) is 2.83. The smallest absolute Gasteiger partial charge is 0.123 e. The van der Waals surface area contributed by atoms with Gasteiger partial charge in [-0.25, -0.2) is 4.39 Å². The van der Waals surface area contributed by atoms with Crippen molar-refractivity contribution in [1.82, 2.24) is 0 Å². The summed E-state index contributed by atoms with van der Waals surface area (Å²) in [5, 5.41) is 0. The number of rotatable bonds is 6. The van der Waals surface area contributed by atoms with Gasteiger partial charge in [0, 0.05) is 24.8 Å². The zero-order chi connectivity index (χ0) is 12.0. The third kappa shape index (κ3) is 3.20. The Morgan fingerprint density at radius 3 is 2.31 bits per heavy atom. The Labute approximate surface area is 97.3 Å². The monoisotopic (exact) mass is 224 g/mol. The molecule has 0 aliphatic heterocycles. The predicted octanol–water partition coefficient (Wildman–Crippen LogP) is 2.78. The Kier molecular flexibility index (Phi) is 5.26. The maximum atomic E-state index is 12.8. The van der Waals surface area contributed by atoms with Gasteiger partial charge in [-0.05, 0) is 37.6 Å². The van der Waals surface area contributed by atoms with E-state index in [0.29, 0.717) is 12.6 Å². The van der Waals surface area contributed by atoms with Crippen LogP contribution in [0.5, 0.6) is 0 Å². The Morgan fingerprint density at radius 1 is 1.25 bits per heavy atom. The van der Waals surface area contributed by atoms with Crippen LogP contribution in [0.1, 0.15) is 26.7 Å². The van der Waals surface area contributed by atoms with E-state index in [9.17, 15) is 4.39 Å². The normalized spacial score (nSPS) is 12.5. The van der Waals surface area contributed by atoms with Crippen molar-refractivity contribution in [2.45, 2.75) is 32.7 Å². The first kappa shape index (κ1) is 13.0. The third-order valence-electron chi connectivity index (χ3n) is 2.83. The second kappa shape index (κ2) is 6.48. The Hall–Kier alpha value is -1.09. The van der Waals surface area contributed by atoms with Crippen LogP contribution in [0.3, 0.4) is 0 Å². The molecule has 0 fully saturated rings. The lowest BCUT2D eigenvalue weighted by Gasteiger charge is -2.32. The summed E-state index contributed by atoms with van der Waals surface area (Å²) in [7, 11) is 0. The molecule has 1 atom stereocenters. The summed E-state index contributed by atoms with van der Waals surface area (Å²) in [6.45, 7) is 5.79. The molecule has 16 heavy (non-hydrogen) atoms. The number of anilines is 1. The number of benzene rings is 1. The van der Waals surface area contributed by atoms with Gasteiger partial charge in [-0.3, -0.25) is 0 Å². The molecule has 1 aromatic carbocycles. The average Bonchev–Trinajstić information content (AvgIpc) is 2.31. The first-order valence-electron chi connectivity index (χ1n) is 5.95. The topological polar surface area (TPSA) is 29.3 Å². The molecule has 0 saturated carbocycles. The first-order valence-corrected chi connectivity index (χ1v) is 5.95. The quantitative estimate of drug-likeness (QED) is 0.805. The van der Waals surface area contributed by atoms with Crippen LogP contribution in [0.2, 0.25) is 0 Å². The van der Waals surface area contributed by atoms with Crippen LogP contribution < -0.4 is 10.6 Å². The molecule has 1 rings (SSSR count). The van der Waals surface area contributed by atoms with Crippen LogP contribution in [-0.4, -0.2) is 19.1 Å². The molecule has 1 aromatic rings. The Morgan fingerprint density at radius 2 is 1.88 bits per heavy atom. The van der Waals surface area contributed by atoms with E-state index in [0.717, 1.165) is 25.1 Å². The maximum Gasteiger partial charge on any atom is 0.123 e. The van der Waals surface area contributed by atoms with Gasteiger partial charge in [0.15, 0.2) is 0 Å². The fraction of sp³-hybridized carbons (Fsp3) is 0.538. The summed E-state index contributed by atoms with van der Waals surface area (Å²) in [6.07, 6.45) is 2.18. The fourth-order valence-corrected chi connectivity index (χ4v) is 2.02. The molecule has 90 valence electrons. The van der Waals surface area contributed by atoms with Gasteiger partial charge in [-0.15, -0.1) is 0 Å². The van der Waals surface area contributed by atoms with Gasteiger partial charge in [0.25, 0.3) is 0 Å². The van der Waals surface area contributed by atoms with Crippen LogP contribution in [-0.2, 0) is 0 Å². The minimum Gasteiger partial charge on any atom is -0.368 e. The van der Waals surface area contributed by atoms with E-state index >= 15 is 0 Å². The number of likely N-dealkylation sites (N-methyl/N-ethyl adjacent to an activating group) is 1. The molecule has 0 aromatic heterocycles. The summed E-state index contributed by atoms with van der Waals surface area (Å²) in [4.78, 5) is 2.24. The lowest BCUT2D eigenvalue weighted by Crippen LogP contribution is -2.40. The Balaban J connectivity index is 2.83. The van der Waals surface area contributed by atoms with Crippen molar-refractivity contribution < 1.29 is 4.39 Å². The lowest BCUT2D eigenvalue weighted by molar-refractivity contribution is 0.557. The van der Waals surface area contributed by atoms with Crippen LogP contribution >= 0.6 is 0 Å². The van der Waals surface area contributed by atoms with Gasteiger partial charge in [-0.2, -0.15) is 0 Å². The number of halogens is 1. The van der Waals surface area contributed by atoms with Crippen molar-refractivity contribution in [2.24, 2.45) is 5.73 Å². The molecule has 2 N–H and O–H groups in total. The van der Waals surface area contributed by atoms with Gasteiger partial charge in [0.05, 0.1) is 0 Å². The highest BCUT2D eigenvalue weighted by molar-refractivity contribution is 5.47. The molecule has 0 aliphatic carbocycles. The van der Waals surface area contributed by atoms with E-state index in [-0.39, 0.29) is 5.82 Å². The first-order chi connectivity index (χ1) is 7.72. The molecule has 3 heteroatoms. The molecule has 1 unspecified atom stereocenters. The number of hydrogen-bond donors (Lipinski definition) is 1. The summed E-state index contributed by atoms with van der Waals surface area (Å²) in [5.74, 6) is -0.195. The van der Waals surface area contributed by atoms with Crippen LogP contribution in [0.25, 0.3) is 0 Å². The number of nitrogens with two attached hydrogens (primary N) is 1. The molecule has 0 aliphatic rings. The van der Waals surface area contributed by atoms with Gasteiger partial charge in [0.1, 0.15) is 5.82 Å². The molecular weight excluding hydrogens is 203 g/mol. The van der Waals surface area contributed by atoms with Crippen LogP contribution in [0.4, 0.5) is 10.1 Å². The van der Waals surface area contributed by atoms with Gasteiger partial charge >= 0.3 is 0 Å². The van der Waals surface area contributed by atoms with Crippen molar-refractivity contribution in [3.05, 3.63) is 30.1 Å². The average molecular weight is 224 g/mol. The minimum absolute atomic E-state index is 0.195. The highest BCUT2D eigenvalue weighted by Gasteiger charge is 2.14. The molecule has 0 saturated heterocycles. The second-order valence-corrected chi connectivity index (χ2v) is 3.94. The minimum atomic E-state index is -0.195. The highest BCUT2D eigenvalue weighted by atomic mass is 19.1. The SMILES string of the molecule is CCCC(CN)N(CC)c1ccc(F)cc1. The van der Waals surface area contributed by atoms with Gasteiger partial charge < -0.3 is 10.6 Å². The molecule has 0 radical (unpaired) electrons. The summed E-state index contributed by atoms with van der Waals surface area (Å²) >= 11 is 0. The fourth-order valence-electron chi connectivity index (χ4n) is 2.02. The Bertz CT molecular complexity index is 297. The van der Waals surface area contributed by atoms with E-state index in [2.05, 4.69) is 18.7 Å². The van der Waals surface area contributed by atoms with Crippen molar-refractivity contribution >= 4 is 5.69 Å².